The first-order chi connectivity index (χ1) is 16.1. The van der Waals surface area contributed by atoms with E-state index >= 15 is 0 Å². The summed E-state index contributed by atoms with van der Waals surface area (Å²) >= 11 is 5.98. The number of hydrogen-bond acceptors (Lipinski definition) is 4. The molecule has 0 aliphatic rings. The van der Waals surface area contributed by atoms with Gasteiger partial charge < -0.3 is 10.2 Å². The molecule has 0 aliphatic heterocycles. The highest BCUT2D eigenvalue weighted by molar-refractivity contribution is 7.89. The van der Waals surface area contributed by atoms with Crippen LogP contribution in [0.5, 0.6) is 0 Å². The predicted octanol–water partition coefficient (Wildman–Crippen LogP) is 4.07. The Bertz CT molecular complexity index is 1050. The normalized spacial score (nSPS) is 13.4. The zero-order valence-electron chi connectivity index (χ0n) is 20.2. The Morgan fingerprint density at radius 3 is 2.24 bits per heavy atom. The summed E-state index contributed by atoms with van der Waals surface area (Å²) in [5, 5.41) is 3.52. The molecule has 1 N–H and O–H groups in total. The molecule has 2 atom stereocenters. The summed E-state index contributed by atoms with van der Waals surface area (Å²) in [4.78, 5) is 27.7. The monoisotopic (exact) mass is 507 g/mol. The van der Waals surface area contributed by atoms with Gasteiger partial charge in [-0.2, -0.15) is 0 Å². The van der Waals surface area contributed by atoms with E-state index in [-0.39, 0.29) is 42.3 Å². The summed E-state index contributed by atoms with van der Waals surface area (Å²) in [6, 6.07) is 14.6. The maximum atomic E-state index is 13.2. The van der Waals surface area contributed by atoms with Crippen LogP contribution in [0.4, 0.5) is 0 Å². The van der Waals surface area contributed by atoms with Crippen LogP contribution in [-0.4, -0.2) is 55.1 Å². The highest BCUT2D eigenvalue weighted by Crippen LogP contribution is 2.17. The number of hydrogen-bond donors (Lipinski definition) is 1. The predicted molar refractivity (Wildman–Crippen MR) is 135 cm³/mol. The highest BCUT2D eigenvalue weighted by atomic mass is 35.5. The smallest absolute Gasteiger partial charge is 0.242 e. The minimum atomic E-state index is -3.62. The number of amides is 2. The number of rotatable bonds is 12. The van der Waals surface area contributed by atoms with Gasteiger partial charge in [-0.05, 0) is 56.5 Å². The Labute approximate surface area is 208 Å². The Morgan fingerprint density at radius 1 is 1.03 bits per heavy atom. The number of carbonyl (C=O) groups is 2. The van der Waals surface area contributed by atoms with E-state index in [1.807, 2.05) is 26.0 Å². The second-order valence-electron chi connectivity index (χ2n) is 8.39. The van der Waals surface area contributed by atoms with Crippen molar-refractivity contribution in [1.82, 2.24) is 14.5 Å². The Balaban J connectivity index is 2.08. The highest BCUT2D eigenvalue weighted by Gasteiger charge is 2.27. The van der Waals surface area contributed by atoms with E-state index < -0.39 is 16.1 Å². The molecule has 2 rings (SSSR count). The lowest BCUT2D eigenvalue weighted by atomic mass is 10.1. The molecule has 0 bridgehead atoms. The molecule has 7 nitrogen and oxygen atoms in total. The van der Waals surface area contributed by atoms with Crippen molar-refractivity contribution in [3.63, 3.8) is 0 Å². The maximum absolute atomic E-state index is 13.2. The molecular weight excluding hydrogens is 474 g/mol. The van der Waals surface area contributed by atoms with Gasteiger partial charge in [-0.1, -0.05) is 48.9 Å². The molecule has 0 heterocycles. The minimum absolute atomic E-state index is 0.000670. The van der Waals surface area contributed by atoms with Gasteiger partial charge in [0.1, 0.15) is 6.04 Å². The average molecular weight is 508 g/mol. The number of nitrogens with one attached hydrogen (secondary N) is 1. The first-order valence-electron chi connectivity index (χ1n) is 11.4. The molecule has 0 spiro atoms. The van der Waals surface area contributed by atoms with E-state index in [1.54, 1.807) is 49.4 Å². The molecule has 0 radical (unpaired) electrons. The summed E-state index contributed by atoms with van der Waals surface area (Å²) in [6.07, 6.45) is 1.23. The fourth-order valence-corrected chi connectivity index (χ4v) is 4.68. The van der Waals surface area contributed by atoms with Gasteiger partial charge in [0.15, 0.2) is 0 Å². The molecule has 34 heavy (non-hydrogen) atoms. The zero-order chi connectivity index (χ0) is 25.3. The lowest BCUT2D eigenvalue weighted by Gasteiger charge is -2.30. The number of benzene rings is 2. The standard InChI is InChI=1S/C25H34ClN3O4S/c1-5-19(2)27-25(31)20(3)29(18-21-13-15-22(26)16-14-21)24(30)12-9-17-28(4)34(32,33)23-10-7-6-8-11-23/h6-8,10-11,13-16,19-20H,5,9,12,17-18H2,1-4H3,(H,27,31)/t19-,20-/m0/s1. The number of nitrogens with zero attached hydrogens (tertiary/aromatic N) is 2. The third-order valence-electron chi connectivity index (χ3n) is 5.75. The van der Waals surface area contributed by atoms with Gasteiger partial charge in [-0.25, -0.2) is 12.7 Å². The van der Waals surface area contributed by atoms with Crippen molar-refractivity contribution in [3.05, 3.63) is 65.2 Å². The van der Waals surface area contributed by atoms with Gasteiger partial charge in [-0.15, -0.1) is 0 Å². The van der Waals surface area contributed by atoms with Crippen LogP contribution in [0.2, 0.25) is 5.02 Å². The second-order valence-corrected chi connectivity index (χ2v) is 10.9. The summed E-state index contributed by atoms with van der Waals surface area (Å²) in [5.41, 5.74) is 0.852. The zero-order valence-corrected chi connectivity index (χ0v) is 21.8. The van der Waals surface area contributed by atoms with Crippen LogP contribution >= 0.6 is 11.6 Å². The van der Waals surface area contributed by atoms with Gasteiger partial charge in [0.25, 0.3) is 0 Å². The second kappa shape index (κ2) is 12.9. The van der Waals surface area contributed by atoms with E-state index in [4.69, 9.17) is 11.6 Å². The van der Waals surface area contributed by atoms with E-state index in [1.165, 1.54) is 16.3 Å². The summed E-state index contributed by atoms with van der Waals surface area (Å²) < 4.78 is 26.7. The van der Waals surface area contributed by atoms with Gasteiger partial charge in [0.05, 0.1) is 4.90 Å². The molecule has 0 saturated carbocycles. The Hall–Kier alpha value is -2.42. The van der Waals surface area contributed by atoms with Crippen molar-refractivity contribution >= 4 is 33.4 Å². The van der Waals surface area contributed by atoms with Crippen molar-refractivity contribution in [1.29, 1.82) is 0 Å². The first-order valence-corrected chi connectivity index (χ1v) is 13.2. The first kappa shape index (κ1) is 27.8. The molecule has 9 heteroatoms. The minimum Gasteiger partial charge on any atom is -0.352 e. The quantitative estimate of drug-likeness (QED) is 0.469. The molecule has 0 saturated heterocycles. The molecule has 186 valence electrons. The van der Waals surface area contributed by atoms with E-state index in [0.29, 0.717) is 11.4 Å². The number of halogens is 1. The van der Waals surface area contributed by atoms with Crippen molar-refractivity contribution in [2.75, 3.05) is 13.6 Å². The van der Waals surface area contributed by atoms with Crippen molar-refractivity contribution < 1.29 is 18.0 Å². The molecule has 0 aromatic heterocycles. The van der Waals surface area contributed by atoms with E-state index in [0.717, 1.165) is 12.0 Å². The maximum Gasteiger partial charge on any atom is 0.242 e. The van der Waals surface area contributed by atoms with Crippen LogP contribution in [0, 0.1) is 0 Å². The Kier molecular flexibility index (Phi) is 10.5. The number of carbonyl (C=O) groups excluding carboxylic acids is 2. The lowest BCUT2D eigenvalue weighted by molar-refractivity contribution is -0.141. The lowest BCUT2D eigenvalue weighted by Crippen LogP contribution is -2.49. The fraction of sp³-hybridized carbons (Fsp3) is 0.440. The third kappa shape index (κ3) is 7.82. The van der Waals surface area contributed by atoms with Crippen molar-refractivity contribution in [2.24, 2.45) is 0 Å². The van der Waals surface area contributed by atoms with Crippen molar-refractivity contribution in [2.45, 2.75) is 63.6 Å². The molecule has 0 unspecified atom stereocenters. The van der Waals surface area contributed by atoms with Crippen LogP contribution in [-0.2, 0) is 26.2 Å². The summed E-state index contributed by atoms with van der Waals surface area (Å²) in [5.74, 6) is -0.437. The van der Waals surface area contributed by atoms with Crippen LogP contribution in [0.15, 0.2) is 59.5 Å². The molecular formula is C25H34ClN3O4S. The van der Waals surface area contributed by atoms with Crippen LogP contribution in [0.25, 0.3) is 0 Å². The third-order valence-corrected chi connectivity index (χ3v) is 7.87. The van der Waals surface area contributed by atoms with E-state index in [9.17, 15) is 18.0 Å². The Morgan fingerprint density at radius 2 is 1.65 bits per heavy atom. The van der Waals surface area contributed by atoms with Gasteiger partial charge in [0, 0.05) is 37.6 Å². The molecule has 2 amide bonds. The fourth-order valence-electron chi connectivity index (χ4n) is 3.32. The SMILES string of the molecule is CC[C@H](C)NC(=O)[C@H](C)N(Cc1ccc(Cl)cc1)C(=O)CCCN(C)S(=O)(=O)c1ccccc1. The van der Waals surface area contributed by atoms with Gasteiger partial charge in [0.2, 0.25) is 21.8 Å². The van der Waals surface area contributed by atoms with Gasteiger partial charge >= 0.3 is 0 Å². The van der Waals surface area contributed by atoms with Crippen molar-refractivity contribution in [3.8, 4) is 0 Å². The molecule has 2 aromatic rings. The molecule has 0 fully saturated rings. The average Bonchev–Trinajstić information content (AvgIpc) is 2.83. The summed E-state index contributed by atoms with van der Waals surface area (Å²) in [6.45, 7) is 6.04. The van der Waals surface area contributed by atoms with E-state index in [2.05, 4.69) is 5.32 Å². The molecule has 2 aromatic carbocycles. The topological polar surface area (TPSA) is 86.8 Å². The van der Waals surface area contributed by atoms with Crippen LogP contribution in [0.1, 0.15) is 45.6 Å². The van der Waals surface area contributed by atoms with Crippen LogP contribution in [0.3, 0.4) is 0 Å². The van der Waals surface area contributed by atoms with Gasteiger partial charge in [-0.3, -0.25) is 9.59 Å². The summed E-state index contributed by atoms with van der Waals surface area (Å²) in [7, 11) is -2.12. The van der Waals surface area contributed by atoms with Crippen LogP contribution < -0.4 is 5.32 Å². The number of sulfonamides is 1. The molecule has 0 aliphatic carbocycles. The largest absolute Gasteiger partial charge is 0.352 e.